The van der Waals surface area contributed by atoms with Crippen LogP contribution in [0.4, 0.5) is 5.69 Å². The van der Waals surface area contributed by atoms with Gasteiger partial charge >= 0.3 is 0 Å². The van der Waals surface area contributed by atoms with Crippen molar-refractivity contribution in [1.82, 2.24) is 0 Å². The van der Waals surface area contributed by atoms with E-state index in [0.29, 0.717) is 6.42 Å². The molecule has 1 N–H and O–H groups in total. The predicted octanol–water partition coefficient (Wildman–Crippen LogP) is 3.92. The highest BCUT2D eigenvalue weighted by atomic mass is 79.9. The number of nitrogens with one attached hydrogen (secondary N) is 1. The molecule has 90 valence electrons. The van der Waals surface area contributed by atoms with Crippen molar-refractivity contribution in [3.8, 4) is 0 Å². The number of rotatable bonds is 1. The summed E-state index contributed by atoms with van der Waals surface area (Å²) < 4.78 is 1.04. The van der Waals surface area contributed by atoms with Crippen molar-refractivity contribution in [3.05, 3.63) is 64.1 Å². The summed E-state index contributed by atoms with van der Waals surface area (Å²) in [5.74, 6) is 0.228. The van der Waals surface area contributed by atoms with Gasteiger partial charge < -0.3 is 5.32 Å². The maximum Gasteiger partial charge on any atom is 0.225 e. The Balaban J connectivity index is 2.12. The molecule has 0 aliphatic carbocycles. The van der Waals surface area contributed by atoms with Crippen molar-refractivity contribution in [1.29, 1.82) is 0 Å². The molecule has 0 spiro atoms. The van der Waals surface area contributed by atoms with Crippen LogP contribution < -0.4 is 5.32 Å². The van der Waals surface area contributed by atoms with Gasteiger partial charge in [-0.2, -0.15) is 0 Å². The molecule has 0 radical (unpaired) electrons. The topological polar surface area (TPSA) is 29.1 Å². The van der Waals surface area contributed by atoms with Crippen LogP contribution >= 0.6 is 15.9 Å². The zero-order chi connectivity index (χ0) is 12.5. The summed E-state index contributed by atoms with van der Waals surface area (Å²) in [5, 5.41) is 2.93. The minimum Gasteiger partial charge on any atom is -0.326 e. The van der Waals surface area contributed by atoms with Crippen molar-refractivity contribution < 1.29 is 4.79 Å². The Morgan fingerprint density at radius 1 is 1.11 bits per heavy atom. The molecule has 1 heterocycles. The number of carbonyl (C=O) groups is 1. The fraction of sp³-hybridized carbons (Fsp3) is 0.133. The third-order valence-corrected chi connectivity index (χ3v) is 3.75. The molecule has 2 aromatic carbocycles. The summed E-state index contributed by atoms with van der Waals surface area (Å²) >= 11 is 3.49. The smallest absolute Gasteiger partial charge is 0.225 e. The first-order chi connectivity index (χ1) is 8.74. The molecule has 0 saturated carbocycles. The molecule has 0 bridgehead atoms. The molecule has 1 aliphatic heterocycles. The van der Waals surface area contributed by atoms with Crippen molar-refractivity contribution >= 4 is 27.5 Å². The number of halogens is 1. The lowest BCUT2D eigenvalue weighted by molar-refractivity contribution is -0.116. The number of hydrogen-bond acceptors (Lipinski definition) is 1. The average molecular weight is 302 g/mol. The summed E-state index contributed by atoms with van der Waals surface area (Å²) in [6.07, 6.45) is 0.507. The molecule has 0 fully saturated rings. The Hall–Kier alpha value is -1.61. The maximum atomic E-state index is 11.8. The van der Waals surface area contributed by atoms with Gasteiger partial charge in [0, 0.05) is 22.5 Å². The first kappa shape index (κ1) is 11.5. The summed E-state index contributed by atoms with van der Waals surface area (Å²) in [4.78, 5) is 11.8. The highest BCUT2D eigenvalue weighted by molar-refractivity contribution is 9.10. The largest absolute Gasteiger partial charge is 0.326 e. The minimum absolute atomic E-state index is 0.0821. The number of carbonyl (C=O) groups excluding carboxylic acids is 1. The Labute approximate surface area is 114 Å². The standard InChI is InChI=1S/C15H12BrNO/c16-11-6-7-14-13(8-11)12(9-15(18)17-14)10-4-2-1-3-5-10/h1-8,12H,9H2,(H,17,18). The quantitative estimate of drug-likeness (QED) is 0.850. The zero-order valence-corrected chi connectivity index (χ0v) is 11.3. The molecule has 1 aliphatic rings. The van der Waals surface area contributed by atoms with Gasteiger partial charge in [-0.3, -0.25) is 4.79 Å². The van der Waals surface area contributed by atoms with Crippen LogP contribution in [0.3, 0.4) is 0 Å². The molecule has 0 aromatic heterocycles. The van der Waals surface area contributed by atoms with Gasteiger partial charge in [0.1, 0.15) is 0 Å². The van der Waals surface area contributed by atoms with Crippen LogP contribution in [0.1, 0.15) is 23.5 Å². The molecule has 2 aromatic rings. The van der Waals surface area contributed by atoms with Gasteiger partial charge in [0.15, 0.2) is 0 Å². The van der Waals surface area contributed by atoms with Gasteiger partial charge in [-0.25, -0.2) is 0 Å². The van der Waals surface area contributed by atoms with Gasteiger partial charge in [0.25, 0.3) is 0 Å². The fourth-order valence-corrected chi connectivity index (χ4v) is 2.79. The third-order valence-electron chi connectivity index (χ3n) is 3.25. The fourth-order valence-electron chi connectivity index (χ4n) is 2.42. The number of fused-ring (bicyclic) bond motifs is 1. The molecule has 0 saturated heterocycles. The normalized spacial score (nSPS) is 18.1. The summed E-state index contributed by atoms with van der Waals surface area (Å²) in [6, 6.07) is 16.2. The lowest BCUT2D eigenvalue weighted by atomic mass is 9.85. The van der Waals surface area contributed by atoms with E-state index in [0.717, 1.165) is 10.2 Å². The van der Waals surface area contributed by atoms with E-state index < -0.39 is 0 Å². The van der Waals surface area contributed by atoms with E-state index >= 15 is 0 Å². The highest BCUT2D eigenvalue weighted by Gasteiger charge is 2.26. The van der Waals surface area contributed by atoms with E-state index in [1.807, 2.05) is 30.3 Å². The molecular weight excluding hydrogens is 290 g/mol. The second-order valence-corrected chi connectivity index (χ2v) is 5.36. The lowest BCUT2D eigenvalue weighted by Crippen LogP contribution is -2.23. The second-order valence-electron chi connectivity index (χ2n) is 4.45. The average Bonchev–Trinajstić information content (AvgIpc) is 2.39. The SMILES string of the molecule is O=C1CC(c2ccccc2)c2cc(Br)ccc2N1. The molecule has 3 heteroatoms. The zero-order valence-electron chi connectivity index (χ0n) is 9.69. The monoisotopic (exact) mass is 301 g/mol. The van der Waals surface area contributed by atoms with E-state index in [9.17, 15) is 4.79 Å². The van der Waals surface area contributed by atoms with E-state index in [1.165, 1.54) is 11.1 Å². The van der Waals surface area contributed by atoms with E-state index in [4.69, 9.17) is 0 Å². The lowest BCUT2D eigenvalue weighted by Gasteiger charge is -2.26. The third kappa shape index (κ3) is 2.06. The number of anilines is 1. The minimum atomic E-state index is 0.0821. The molecule has 2 nitrogen and oxygen atoms in total. The van der Waals surface area contributed by atoms with Gasteiger partial charge in [0.05, 0.1) is 0 Å². The number of benzene rings is 2. The van der Waals surface area contributed by atoms with E-state index in [1.54, 1.807) is 0 Å². The van der Waals surface area contributed by atoms with Crippen molar-refractivity contribution in [2.75, 3.05) is 5.32 Å². The maximum absolute atomic E-state index is 11.8. The number of hydrogen-bond donors (Lipinski definition) is 1. The van der Waals surface area contributed by atoms with Crippen LogP contribution in [0.25, 0.3) is 0 Å². The van der Waals surface area contributed by atoms with Crippen LogP contribution in [0.15, 0.2) is 53.0 Å². The number of amides is 1. The van der Waals surface area contributed by atoms with Gasteiger partial charge in [-0.05, 0) is 29.3 Å². The first-order valence-electron chi connectivity index (χ1n) is 5.88. The Morgan fingerprint density at radius 2 is 1.89 bits per heavy atom. The van der Waals surface area contributed by atoms with Crippen LogP contribution in [0.5, 0.6) is 0 Å². The van der Waals surface area contributed by atoms with E-state index in [-0.39, 0.29) is 11.8 Å². The molecule has 1 atom stereocenters. The predicted molar refractivity (Wildman–Crippen MR) is 75.7 cm³/mol. The summed E-state index contributed by atoms with van der Waals surface area (Å²) in [6.45, 7) is 0. The van der Waals surface area contributed by atoms with E-state index in [2.05, 4.69) is 39.4 Å². The van der Waals surface area contributed by atoms with Crippen LogP contribution in [0.2, 0.25) is 0 Å². The van der Waals surface area contributed by atoms with Crippen molar-refractivity contribution in [2.45, 2.75) is 12.3 Å². The van der Waals surface area contributed by atoms with Crippen molar-refractivity contribution in [3.63, 3.8) is 0 Å². The Bertz CT molecular complexity index is 595. The highest BCUT2D eigenvalue weighted by Crippen LogP contribution is 2.38. The molecule has 3 rings (SSSR count). The molecular formula is C15H12BrNO. The van der Waals surface area contributed by atoms with Crippen molar-refractivity contribution in [2.24, 2.45) is 0 Å². The molecule has 18 heavy (non-hydrogen) atoms. The van der Waals surface area contributed by atoms with Crippen LogP contribution in [-0.4, -0.2) is 5.91 Å². The Kier molecular flexibility index (Phi) is 2.92. The van der Waals surface area contributed by atoms with Gasteiger partial charge in [0.2, 0.25) is 5.91 Å². The van der Waals surface area contributed by atoms with Crippen LogP contribution in [0, 0.1) is 0 Å². The van der Waals surface area contributed by atoms with Crippen LogP contribution in [-0.2, 0) is 4.79 Å². The Morgan fingerprint density at radius 3 is 2.67 bits per heavy atom. The molecule has 1 unspecified atom stereocenters. The van der Waals surface area contributed by atoms with Gasteiger partial charge in [-0.1, -0.05) is 46.3 Å². The van der Waals surface area contributed by atoms with Gasteiger partial charge in [-0.15, -0.1) is 0 Å². The summed E-state index contributed by atoms with van der Waals surface area (Å²) in [7, 11) is 0. The first-order valence-corrected chi connectivity index (χ1v) is 6.67. The molecule has 1 amide bonds. The summed E-state index contributed by atoms with van der Waals surface area (Å²) in [5.41, 5.74) is 3.28. The second kappa shape index (κ2) is 4.58.